The van der Waals surface area contributed by atoms with Gasteiger partial charge in [-0.05, 0) is 75.5 Å². The second-order valence-electron chi connectivity index (χ2n) is 9.41. The second-order valence-corrected chi connectivity index (χ2v) is 9.41. The smallest absolute Gasteiger partial charge is 0.339 e. The molecule has 1 N–H and O–H groups in total. The predicted molar refractivity (Wildman–Crippen MR) is 99.3 cm³/mol. The van der Waals surface area contributed by atoms with Crippen molar-refractivity contribution >= 4 is 11.9 Å². The van der Waals surface area contributed by atoms with Crippen LogP contribution in [0.25, 0.3) is 0 Å². The number of likely N-dealkylation sites (tertiary alicyclic amines) is 1. The number of rotatable bonds is 3. The molecular weight excluding hydrogens is 342 g/mol. The summed E-state index contributed by atoms with van der Waals surface area (Å²) in [5.74, 6) is 2.83. The van der Waals surface area contributed by atoms with Crippen molar-refractivity contribution in [2.24, 2.45) is 29.6 Å². The van der Waals surface area contributed by atoms with Crippen LogP contribution in [0.1, 0.15) is 67.0 Å². The lowest BCUT2D eigenvalue weighted by atomic mass is 9.51. The summed E-state index contributed by atoms with van der Waals surface area (Å²) in [6.45, 7) is 3.37. The van der Waals surface area contributed by atoms with Gasteiger partial charge in [0.05, 0.1) is 17.9 Å². The van der Waals surface area contributed by atoms with Gasteiger partial charge in [0.15, 0.2) is 0 Å². The maximum absolute atomic E-state index is 13.3. The highest BCUT2D eigenvalue weighted by Gasteiger charge is 2.51. The average Bonchev–Trinajstić information content (AvgIpc) is 3.02. The molecule has 0 radical (unpaired) electrons. The highest BCUT2D eigenvalue weighted by Crippen LogP contribution is 2.57. The zero-order valence-electron chi connectivity index (χ0n) is 16.0. The summed E-state index contributed by atoms with van der Waals surface area (Å²) in [6.07, 6.45) is 9.72. The third kappa shape index (κ3) is 2.79. The molecule has 0 unspecified atom stereocenters. The van der Waals surface area contributed by atoms with Crippen molar-refractivity contribution in [2.45, 2.75) is 57.9 Å². The summed E-state index contributed by atoms with van der Waals surface area (Å²) in [7, 11) is 0. The molecule has 4 saturated carbocycles. The van der Waals surface area contributed by atoms with Crippen LogP contribution in [-0.2, 0) is 4.79 Å². The molecule has 2 heterocycles. The highest BCUT2D eigenvalue weighted by atomic mass is 16.4. The first-order valence-electron chi connectivity index (χ1n) is 10.6. The quantitative estimate of drug-likeness (QED) is 0.886. The van der Waals surface area contributed by atoms with Crippen molar-refractivity contribution in [3.8, 4) is 0 Å². The Morgan fingerprint density at radius 3 is 2.15 bits per heavy atom. The second kappa shape index (κ2) is 6.35. The van der Waals surface area contributed by atoms with E-state index in [2.05, 4.69) is 10.00 Å². The standard InChI is InChI=1S/C21H29N3O3/c1-12-18(21(26)27)11-22-24(12)17-2-4-23(5-3-17)20(25)19-15-7-13-6-14(9-15)10-16(19)8-13/h11,13-17,19H,2-10H2,1H3,(H,26,27). The fraction of sp³-hybridized carbons (Fsp3) is 0.762. The summed E-state index contributed by atoms with van der Waals surface area (Å²) in [6, 6.07) is 0.195. The molecule has 0 atom stereocenters. The fourth-order valence-corrected chi connectivity index (χ4v) is 6.87. The van der Waals surface area contributed by atoms with Gasteiger partial charge in [-0.1, -0.05) is 0 Å². The minimum atomic E-state index is -0.923. The molecule has 1 amide bonds. The van der Waals surface area contributed by atoms with E-state index in [-0.39, 0.29) is 17.5 Å². The Morgan fingerprint density at radius 2 is 1.63 bits per heavy atom. The van der Waals surface area contributed by atoms with Crippen LogP contribution in [0.4, 0.5) is 0 Å². The van der Waals surface area contributed by atoms with E-state index < -0.39 is 5.97 Å². The third-order valence-electron chi connectivity index (χ3n) is 7.91. The summed E-state index contributed by atoms with van der Waals surface area (Å²) in [4.78, 5) is 26.7. The van der Waals surface area contributed by atoms with E-state index in [4.69, 9.17) is 0 Å². The number of amides is 1. The third-order valence-corrected chi connectivity index (χ3v) is 7.91. The lowest BCUT2D eigenvalue weighted by Crippen LogP contribution is -2.53. The number of nitrogens with zero attached hydrogens (tertiary/aromatic N) is 3. The number of hydrogen-bond acceptors (Lipinski definition) is 3. The van der Waals surface area contributed by atoms with Gasteiger partial charge < -0.3 is 10.0 Å². The average molecular weight is 371 g/mol. The lowest BCUT2D eigenvalue weighted by molar-refractivity contribution is -0.150. The number of aromatic carboxylic acids is 1. The zero-order valence-corrected chi connectivity index (χ0v) is 16.0. The monoisotopic (exact) mass is 371 g/mol. The number of carboxylic acid groups (broad SMARTS) is 1. The van der Waals surface area contributed by atoms with E-state index in [1.807, 2.05) is 11.6 Å². The summed E-state index contributed by atoms with van der Waals surface area (Å²) in [5, 5.41) is 13.5. The number of aromatic nitrogens is 2. The van der Waals surface area contributed by atoms with Gasteiger partial charge in [0.2, 0.25) is 5.91 Å². The topological polar surface area (TPSA) is 75.4 Å². The molecular formula is C21H29N3O3. The summed E-state index contributed by atoms with van der Waals surface area (Å²) in [5.41, 5.74) is 0.996. The number of carbonyl (C=O) groups excluding carboxylic acids is 1. The Morgan fingerprint density at radius 1 is 1.04 bits per heavy atom. The number of hydrogen-bond donors (Lipinski definition) is 1. The first kappa shape index (κ1) is 17.3. The molecule has 6 rings (SSSR count). The van der Waals surface area contributed by atoms with E-state index in [0.717, 1.165) is 37.8 Å². The normalized spacial score (nSPS) is 35.6. The molecule has 6 heteroatoms. The molecule has 4 aliphatic carbocycles. The molecule has 4 bridgehead atoms. The number of piperidine rings is 1. The molecule has 0 aromatic carbocycles. The Bertz CT molecular complexity index is 735. The molecule has 1 aliphatic heterocycles. The molecule has 1 saturated heterocycles. The maximum Gasteiger partial charge on any atom is 0.339 e. The van der Waals surface area contributed by atoms with Crippen molar-refractivity contribution in [3.05, 3.63) is 17.5 Å². The first-order valence-corrected chi connectivity index (χ1v) is 10.6. The lowest BCUT2D eigenvalue weighted by Gasteiger charge is -2.54. The van der Waals surface area contributed by atoms with Gasteiger partial charge in [0.25, 0.3) is 0 Å². The maximum atomic E-state index is 13.3. The van der Waals surface area contributed by atoms with Crippen LogP contribution in [-0.4, -0.2) is 44.8 Å². The van der Waals surface area contributed by atoms with Crippen LogP contribution in [0, 0.1) is 36.5 Å². The molecule has 1 aromatic rings. The fourth-order valence-electron chi connectivity index (χ4n) is 6.87. The van der Waals surface area contributed by atoms with Crippen molar-refractivity contribution in [1.29, 1.82) is 0 Å². The van der Waals surface area contributed by atoms with Crippen molar-refractivity contribution in [1.82, 2.24) is 14.7 Å². The molecule has 0 spiro atoms. The Kier molecular flexibility index (Phi) is 4.06. The highest BCUT2D eigenvalue weighted by molar-refractivity contribution is 5.88. The van der Waals surface area contributed by atoms with Gasteiger partial charge >= 0.3 is 5.97 Å². The summed E-state index contributed by atoms with van der Waals surface area (Å²) < 4.78 is 1.86. The van der Waals surface area contributed by atoms with Gasteiger partial charge in [0.1, 0.15) is 5.56 Å². The van der Waals surface area contributed by atoms with E-state index in [1.165, 1.54) is 38.3 Å². The van der Waals surface area contributed by atoms with Gasteiger partial charge in [-0.25, -0.2) is 4.79 Å². The number of carbonyl (C=O) groups is 2. The van der Waals surface area contributed by atoms with Crippen molar-refractivity contribution in [3.63, 3.8) is 0 Å². The number of carboxylic acids is 1. The van der Waals surface area contributed by atoms with E-state index in [9.17, 15) is 14.7 Å². The van der Waals surface area contributed by atoms with Gasteiger partial charge in [0, 0.05) is 19.0 Å². The van der Waals surface area contributed by atoms with E-state index in [1.54, 1.807) is 0 Å². The van der Waals surface area contributed by atoms with Crippen LogP contribution >= 0.6 is 0 Å². The Labute approximate surface area is 159 Å². The molecule has 6 nitrogen and oxygen atoms in total. The van der Waals surface area contributed by atoms with Crippen molar-refractivity contribution in [2.75, 3.05) is 13.1 Å². The van der Waals surface area contributed by atoms with E-state index >= 15 is 0 Å². The largest absolute Gasteiger partial charge is 0.478 e. The molecule has 5 aliphatic rings. The zero-order chi connectivity index (χ0) is 18.7. The Balaban J connectivity index is 1.24. The van der Waals surface area contributed by atoms with Crippen LogP contribution in [0.15, 0.2) is 6.20 Å². The van der Waals surface area contributed by atoms with Gasteiger partial charge in [-0.2, -0.15) is 5.10 Å². The van der Waals surface area contributed by atoms with Crippen LogP contribution in [0.3, 0.4) is 0 Å². The predicted octanol–water partition coefficient (Wildman–Crippen LogP) is 3.13. The SMILES string of the molecule is Cc1c(C(=O)O)cnn1C1CCN(C(=O)C2C3CC4CC(C3)CC2C4)CC1. The van der Waals surface area contributed by atoms with Crippen LogP contribution in [0.2, 0.25) is 0 Å². The van der Waals surface area contributed by atoms with Gasteiger partial charge in [-0.15, -0.1) is 0 Å². The summed E-state index contributed by atoms with van der Waals surface area (Å²) >= 11 is 0. The van der Waals surface area contributed by atoms with Crippen molar-refractivity contribution < 1.29 is 14.7 Å². The van der Waals surface area contributed by atoms with Crippen LogP contribution < -0.4 is 0 Å². The Hall–Kier alpha value is -1.85. The minimum Gasteiger partial charge on any atom is -0.478 e. The van der Waals surface area contributed by atoms with Crippen LogP contribution in [0.5, 0.6) is 0 Å². The molecule has 27 heavy (non-hydrogen) atoms. The van der Waals surface area contributed by atoms with Gasteiger partial charge in [-0.3, -0.25) is 9.48 Å². The minimum absolute atomic E-state index is 0.195. The molecule has 1 aromatic heterocycles. The molecule has 5 fully saturated rings. The molecule has 146 valence electrons. The van der Waals surface area contributed by atoms with E-state index in [0.29, 0.717) is 23.4 Å². The first-order chi connectivity index (χ1) is 13.0.